The number of carbonyl (C=O) groups is 2. The zero-order valence-electron chi connectivity index (χ0n) is 16.3. The summed E-state index contributed by atoms with van der Waals surface area (Å²) >= 11 is 1.70. The largest absolute Gasteiger partial charge is 0.497 e. The number of carbonyl (C=O) groups excluding carboxylic acids is 2. The summed E-state index contributed by atoms with van der Waals surface area (Å²) in [5.41, 5.74) is 1.53. The predicted molar refractivity (Wildman–Crippen MR) is 108 cm³/mol. The summed E-state index contributed by atoms with van der Waals surface area (Å²) in [5.74, 6) is 0.695. The van der Waals surface area contributed by atoms with Crippen LogP contribution in [0.1, 0.15) is 24.0 Å². The molecule has 2 aliphatic heterocycles. The Kier molecular flexibility index (Phi) is 5.12. The number of piperidine rings is 1. The quantitative estimate of drug-likeness (QED) is 0.725. The highest BCUT2D eigenvalue weighted by Gasteiger charge is 2.56. The van der Waals surface area contributed by atoms with Crippen molar-refractivity contribution in [3.8, 4) is 5.75 Å². The minimum Gasteiger partial charge on any atom is -0.497 e. The molecule has 1 spiro atoms. The van der Waals surface area contributed by atoms with Gasteiger partial charge >= 0.3 is 6.03 Å². The molecule has 0 unspecified atom stereocenters. The lowest BCUT2D eigenvalue weighted by molar-refractivity contribution is -0.135. The van der Waals surface area contributed by atoms with E-state index in [2.05, 4.69) is 21.7 Å². The van der Waals surface area contributed by atoms with Gasteiger partial charge in [0.25, 0.3) is 5.91 Å². The molecule has 0 bridgehead atoms. The lowest BCUT2D eigenvalue weighted by atomic mass is 9.86. The molecule has 2 saturated heterocycles. The van der Waals surface area contributed by atoms with E-state index < -0.39 is 5.54 Å². The van der Waals surface area contributed by atoms with E-state index in [-0.39, 0.29) is 11.9 Å². The summed E-state index contributed by atoms with van der Waals surface area (Å²) in [7, 11) is 3.38. The zero-order chi connectivity index (χ0) is 19.7. The summed E-state index contributed by atoms with van der Waals surface area (Å²) < 4.78 is 5.18. The van der Waals surface area contributed by atoms with Crippen molar-refractivity contribution in [2.45, 2.75) is 31.5 Å². The van der Waals surface area contributed by atoms with Crippen LogP contribution in [0, 0.1) is 0 Å². The Hall–Kier alpha value is -2.38. The number of nitrogens with zero attached hydrogens (tertiary/aromatic N) is 3. The molecule has 3 amide bonds. The summed E-state index contributed by atoms with van der Waals surface area (Å²) in [6.45, 7) is 2.83. The summed E-state index contributed by atoms with van der Waals surface area (Å²) in [5, 5.41) is 4.25. The van der Waals surface area contributed by atoms with Gasteiger partial charge in [-0.05, 0) is 52.9 Å². The SMILES string of the molecule is COc1ccc(CN2C(=O)N(C)C3(CCN(Cc4ccsc4)CC3)C2=O)cc1. The molecule has 3 heterocycles. The molecule has 2 fully saturated rings. The van der Waals surface area contributed by atoms with Crippen LogP contribution in [0.4, 0.5) is 4.79 Å². The number of hydrogen-bond donors (Lipinski definition) is 0. The van der Waals surface area contributed by atoms with E-state index in [0.29, 0.717) is 19.4 Å². The van der Waals surface area contributed by atoms with Gasteiger partial charge in [0.05, 0.1) is 13.7 Å². The fourth-order valence-electron chi connectivity index (χ4n) is 4.17. The van der Waals surface area contributed by atoms with Gasteiger partial charge in [-0.15, -0.1) is 0 Å². The molecular weight excluding hydrogens is 374 g/mol. The van der Waals surface area contributed by atoms with Crippen LogP contribution < -0.4 is 4.74 Å². The zero-order valence-corrected chi connectivity index (χ0v) is 17.1. The van der Waals surface area contributed by atoms with E-state index in [0.717, 1.165) is 30.9 Å². The Morgan fingerprint density at radius 3 is 2.36 bits per heavy atom. The van der Waals surface area contributed by atoms with Gasteiger partial charge in [0.2, 0.25) is 0 Å². The maximum Gasteiger partial charge on any atom is 0.327 e. The van der Waals surface area contributed by atoms with Gasteiger partial charge in [-0.2, -0.15) is 11.3 Å². The van der Waals surface area contributed by atoms with Crippen molar-refractivity contribution in [2.75, 3.05) is 27.2 Å². The number of urea groups is 1. The van der Waals surface area contributed by atoms with Crippen LogP contribution in [0.3, 0.4) is 0 Å². The van der Waals surface area contributed by atoms with Crippen molar-refractivity contribution >= 4 is 23.3 Å². The van der Waals surface area contributed by atoms with Gasteiger partial charge in [-0.3, -0.25) is 14.6 Å². The lowest BCUT2D eigenvalue weighted by Gasteiger charge is -2.40. The van der Waals surface area contributed by atoms with Crippen molar-refractivity contribution in [3.05, 3.63) is 52.2 Å². The van der Waals surface area contributed by atoms with Crippen LogP contribution >= 0.6 is 11.3 Å². The van der Waals surface area contributed by atoms with Crippen LogP contribution in [0.25, 0.3) is 0 Å². The number of likely N-dealkylation sites (tertiary alicyclic amines) is 1. The van der Waals surface area contributed by atoms with E-state index in [9.17, 15) is 9.59 Å². The van der Waals surface area contributed by atoms with Gasteiger partial charge < -0.3 is 9.64 Å². The fraction of sp³-hybridized carbons (Fsp3) is 0.429. The third-order valence-electron chi connectivity index (χ3n) is 5.97. The van der Waals surface area contributed by atoms with Gasteiger partial charge in [0.15, 0.2) is 0 Å². The van der Waals surface area contributed by atoms with Crippen LogP contribution in [0.15, 0.2) is 41.1 Å². The van der Waals surface area contributed by atoms with E-state index in [1.54, 1.807) is 30.4 Å². The standard InChI is InChI=1S/C21H25N3O3S/c1-22-20(26)24(14-16-3-5-18(27-2)6-4-16)19(25)21(22)8-10-23(11-9-21)13-17-7-12-28-15-17/h3-7,12,15H,8-11,13-14H2,1-2H3. The van der Waals surface area contributed by atoms with E-state index in [4.69, 9.17) is 4.74 Å². The highest BCUT2D eigenvalue weighted by Crippen LogP contribution is 2.37. The average Bonchev–Trinajstić information content (AvgIpc) is 3.29. The molecule has 0 N–H and O–H groups in total. The van der Waals surface area contributed by atoms with Crippen molar-refractivity contribution in [2.24, 2.45) is 0 Å². The van der Waals surface area contributed by atoms with Crippen molar-refractivity contribution in [1.82, 2.24) is 14.7 Å². The molecule has 7 heteroatoms. The first-order valence-electron chi connectivity index (χ1n) is 9.49. The van der Waals surface area contributed by atoms with Gasteiger partial charge in [0.1, 0.15) is 11.3 Å². The number of amides is 3. The molecule has 0 atom stereocenters. The first kappa shape index (κ1) is 19.0. The summed E-state index contributed by atoms with van der Waals surface area (Å²) in [4.78, 5) is 31.6. The van der Waals surface area contributed by atoms with E-state index in [1.165, 1.54) is 10.5 Å². The molecular formula is C21H25N3O3S. The summed E-state index contributed by atoms with van der Waals surface area (Å²) in [6.07, 6.45) is 1.36. The van der Waals surface area contributed by atoms with Gasteiger partial charge in [-0.25, -0.2) is 4.79 Å². The number of thiophene rings is 1. The van der Waals surface area contributed by atoms with Crippen LogP contribution in [0.2, 0.25) is 0 Å². The van der Waals surface area contributed by atoms with Crippen molar-refractivity contribution < 1.29 is 14.3 Å². The number of likely N-dealkylation sites (N-methyl/N-ethyl adjacent to an activating group) is 1. The second kappa shape index (κ2) is 7.56. The number of hydrogen-bond acceptors (Lipinski definition) is 5. The lowest BCUT2D eigenvalue weighted by Crippen LogP contribution is -2.55. The third kappa shape index (κ3) is 3.29. The Labute approximate surface area is 169 Å². The first-order valence-corrected chi connectivity index (χ1v) is 10.4. The Morgan fingerprint density at radius 2 is 1.75 bits per heavy atom. The van der Waals surface area contributed by atoms with Crippen LogP contribution in [-0.2, 0) is 17.9 Å². The normalized spacial score (nSPS) is 19.6. The van der Waals surface area contributed by atoms with Crippen LogP contribution in [-0.4, -0.2) is 59.4 Å². The van der Waals surface area contributed by atoms with Crippen LogP contribution in [0.5, 0.6) is 5.75 Å². The Morgan fingerprint density at radius 1 is 1.04 bits per heavy atom. The van der Waals surface area contributed by atoms with Gasteiger partial charge in [0, 0.05) is 26.7 Å². The monoisotopic (exact) mass is 399 g/mol. The molecule has 0 saturated carbocycles. The third-order valence-corrected chi connectivity index (χ3v) is 6.70. The topological polar surface area (TPSA) is 53.1 Å². The van der Waals surface area contributed by atoms with Crippen molar-refractivity contribution in [3.63, 3.8) is 0 Å². The maximum atomic E-state index is 13.3. The molecule has 1 aromatic heterocycles. The highest BCUT2D eigenvalue weighted by atomic mass is 32.1. The molecule has 0 aliphatic carbocycles. The second-order valence-corrected chi connectivity index (χ2v) is 8.30. The Bertz CT molecular complexity index is 842. The predicted octanol–water partition coefficient (Wildman–Crippen LogP) is 3.19. The number of benzene rings is 1. The molecule has 0 radical (unpaired) electrons. The molecule has 6 nitrogen and oxygen atoms in total. The minimum absolute atomic E-state index is 0.0639. The number of ether oxygens (including phenoxy) is 1. The maximum absolute atomic E-state index is 13.3. The number of rotatable bonds is 5. The molecule has 148 valence electrons. The van der Waals surface area contributed by atoms with Gasteiger partial charge in [-0.1, -0.05) is 12.1 Å². The molecule has 2 aromatic rings. The number of imide groups is 1. The average molecular weight is 400 g/mol. The number of methoxy groups -OCH3 is 1. The molecule has 4 rings (SSSR count). The fourth-order valence-corrected chi connectivity index (χ4v) is 4.83. The van der Waals surface area contributed by atoms with Crippen molar-refractivity contribution in [1.29, 1.82) is 0 Å². The molecule has 1 aromatic carbocycles. The molecule has 2 aliphatic rings. The van der Waals surface area contributed by atoms with E-state index in [1.807, 2.05) is 24.3 Å². The van der Waals surface area contributed by atoms with E-state index >= 15 is 0 Å². The summed E-state index contributed by atoms with van der Waals surface area (Å²) in [6, 6.07) is 9.43. The Balaban J connectivity index is 1.45. The molecule has 28 heavy (non-hydrogen) atoms. The highest BCUT2D eigenvalue weighted by molar-refractivity contribution is 7.07. The minimum atomic E-state index is -0.700. The smallest absolute Gasteiger partial charge is 0.327 e. The second-order valence-electron chi connectivity index (χ2n) is 7.52. The first-order chi connectivity index (χ1) is 13.5.